The van der Waals surface area contributed by atoms with Gasteiger partial charge in [-0.05, 0) is 42.5 Å². The van der Waals surface area contributed by atoms with E-state index < -0.39 is 45.6 Å². The summed E-state index contributed by atoms with van der Waals surface area (Å²) in [5.41, 5.74) is 3.63. The number of amides is 3. The lowest BCUT2D eigenvalue weighted by Gasteiger charge is -2.24. The fourth-order valence-electron chi connectivity index (χ4n) is 3.84. The fraction of sp³-hybridized carbons (Fsp3) is 0.231. The van der Waals surface area contributed by atoms with Gasteiger partial charge in [0.2, 0.25) is 10.0 Å². The van der Waals surface area contributed by atoms with E-state index in [9.17, 15) is 35.6 Å². The lowest BCUT2D eigenvalue weighted by atomic mass is 10.2. The lowest BCUT2D eigenvalue weighted by molar-refractivity contribution is -0.137. The van der Waals surface area contributed by atoms with Crippen molar-refractivity contribution in [3.63, 3.8) is 0 Å². The number of anilines is 2. The number of carbonyl (C=O) groups is 2. The van der Waals surface area contributed by atoms with Crippen LogP contribution in [0, 0.1) is 5.82 Å². The van der Waals surface area contributed by atoms with Crippen molar-refractivity contribution < 1.29 is 40.4 Å². The predicted octanol–water partition coefficient (Wildman–Crippen LogP) is 3.99. The largest absolute Gasteiger partial charge is 0.417 e. The van der Waals surface area contributed by atoms with E-state index in [2.05, 4.69) is 31.6 Å². The minimum absolute atomic E-state index is 0.109. The van der Waals surface area contributed by atoms with Crippen LogP contribution in [0.25, 0.3) is 0 Å². The normalized spacial score (nSPS) is 14.9. The summed E-state index contributed by atoms with van der Waals surface area (Å²) in [7, 11) is -4.26. The highest BCUT2D eigenvalue weighted by Gasteiger charge is 2.34. The summed E-state index contributed by atoms with van der Waals surface area (Å²) < 4.78 is 80.0. The van der Waals surface area contributed by atoms with Crippen molar-refractivity contribution >= 4 is 50.8 Å². The Morgan fingerprint density at radius 2 is 1.77 bits per heavy atom. The van der Waals surface area contributed by atoms with Crippen molar-refractivity contribution in [3.8, 4) is 0 Å². The molecule has 18 heteroatoms. The highest BCUT2D eigenvalue weighted by Crippen LogP contribution is 2.32. The van der Waals surface area contributed by atoms with E-state index in [1.165, 1.54) is 0 Å². The average Bonchev–Trinajstić information content (AvgIpc) is 3.45. The third-order valence-electron chi connectivity index (χ3n) is 6.00. The van der Waals surface area contributed by atoms with E-state index in [4.69, 9.17) is 16.4 Å². The maximum atomic E-state index is 13.5. The Labute approximate surface area is 253 Å². The van der Waals surface area contributed by atoms with E-state index in [0.717, 1.165) is 28.6 Å². The molecule has 0 saturated heterocycles. The molecule has 12 nitrogen and oxygen atoms in total. The van der Waals surface area contributed by atoms with Crippen LogP contribution in [-0.2, 0) is 25.8 Å². The molecule has 0 saturated carbocycles. The second-order valence-electron chi connectivity index (χ2n) is 9.16. The molecule has 1 aliphatic heterocycles. The van der Waals surface area contributed by atoms with E-state index in [-0.39, 0.29) is 47.5 Å². The molecule has 0 aliphatic carbocycles. The number of alkyl halides is 3. The fourth-order valence-corrected chi connectivity index (χ4v) is 5.55. The van der Waals surface area contributed by atoms with Crippen molar-refractivity contribution in [2.24, 2.45) is 5.16 Å². The van der Waals surface area contributed by atoms with Gasteiger partial charge < -0.3 is 15.5 Å². The number of hydrogen-bond acceptors (Lipinski definition) is 8. The molecule has 0 bridgehead atoms. The Kier molecular flexibility index (Phi) is 10.2. The molecule has 3 amide bonds. The molecular formula is C26H24ClF4N7O5S. The van der Waals surface area contributed by atoms with Gasteiger partial charge in [0.1, 0.15) is 23.5 Å². The van der Waals surface area contributed by atoms with Gasteiger partial charge in [-0.1, -0.05) is 35.0 Å². The molecule has 0 radical (unpaired) electrons. The van der Waals surface area contributed by atoms with Gasteiger partial charge in [-0.15, -0.1) is 0 Å². The summed E-state index contributed by atoms with van der Waals surface area (Å²) in [6.07, 6.45) is -5.14. The number of para-hydroxylation sites is 1. The molecule has 2 aromatic carbocycles. The number of aromatic nitrogens is 1. The Balaban J connectivity index is 1.38. The van der Waals surface area contributed by atoms with Crippen LogP contribution in [0.3, 0.4) is 0 Å². The van der Waals surface area contributed by atoms with Crippen LogP contribution >= 0.6 is 11.6 Å². The molecule has 0 spiro atoms. The number of urea groups is 1. The number of hydrogen-bond donors (Lipinski definition) is 4. The lowest BCUT2D eigenvalue weighted by Crippen LogP contribution is -2.47. The summed E-state index contributed by atoms with van der Waals surface area (Å²) in [4.78, 5) is 33.2. The zero-order chi connectivity index (χ0) is 31.9. The Morgan fingerprint density at radius 3 is 2.43 bits per heavy atom. The topological polar surface area (TPSA) is 154 Å². The molecule has 44 heavy (non-hydrogen) atoms. The van der Waals surface area contributed by atoms with Crippen LogP contribution in [0.15, 0.2) is 76.9 Å². The summed E-state index contributed by atoms with van der Waals surface area (Å²) in [6.45, 7) is -0.737. The van der Waals surface area contributed by atoms with E-state index in [1.807, 2.05) is 0 Å². The molecular weight excluding hydrogens is 634 g/mol. The Hall–Kier alpha value is -4.48. The molecule has 2 heterocycles. The number of benzene rings is 2. The molecule has 3 aromatic rings. The average molecular weight is 658 g/mol. The number of nitrogens with zero attached hydrogens (tertiary/aromatic N) is 3. The van der Waals surface area contributed by atoms with Gasteiger partial charge in [0.15, 0.2) is 0 Å². The van der Waals surface area contributed by atoms with Crippen LogP contribution in [0.5, 0.6) is 0 Å². The Morgan fingerprint density at radius 1 is 1.07 bits per heavy atom. The standard InChI is InChI=1S/C26H24ClF4N7O5S/c27-21-12-16(26(29,30)31)14-33-23(21)32-10-11-38(44(41,42)20-8-6-17(28)7-9-20)15-19-13-22(37-43-19)24(39)35-36-25(40)34-18-4-2-1-3-5-18/h1-9,12,14,19H,10-11,13,15H2,(H,32,33)(H,35,39)(H2,34,36,40)/t19-/m1/s1. The molecule has 0 fully saturated rings. The second kappa shape index (κ2) is 13.9. The number of oxime groups is 1. The first kappa shape index (κ1) is 32.4. The van der Waals surface area contributed by atoms with Crippen LogP contribution in [-0.4, -0.2) is 61.1 Å². The second-order valence-corrected chi connectivity index (χ2v) is 11.5. The highest BCUT2D eigenvalue weighted by atomic mass is 35.5. The van der Waals surface area contributed by atoms with Crippen LogP contribution in [0.2, 0.25) is 5.02 Å². The smallest absolute Gasteiger partial charge is 0.390 e. The third-order valence-corrected chi connectivity index (χ3v) is 8.16. The highest BCUT2D eigenvalue weighted by molar-refractivity contribution is 7.89. The first-order valence-corrected chi connectivity index (χ1v) is 14.5. The van der Waals surface area contributed by atoms with Gasteiger partial charge in [0.05, 0.1) is 22.0 Å². The van der Waals surface area contributed by atoms with Crippen LogP contribution in [0.4, 0.5) is 33.9 Å². The maximum absolute atomic E-state index is 13.5. The monoisotopic (exact) mass is 657 g/mol. The molecule has 1 atom stereocenters. The zero-order valence-corrected chi connectivity index (χ0v) is 24.0. The number of nitrogens with one attached hydrogen (secondary N) is 4. The van der Waals surface area contributed by atoms with Gasteiger partial charge in [0, 0.05) is 31.4 Å². The van der Waals surface area contributed by atoms with Crippen molar-refractivity contribution in [2.75, 3.05) is 30.3 Å². The number of halogens is 5. The molecule has 4 N–H and O–H groups in total. The predicted molar refractivity (Wildman–Crippen MR) is 152 cm³/mol. The molecule has 1 aromatic heterocycles. The number of rotatable bonds is 10. The van der Waals surface area contributed by atoms with Crippen molar-refractivity contribution in [1.29, 1.82) is 0 Å². The van der Waals surface area contributed by atoms with Gasteiger partial charge in [-0.3, -0.25) is 10.2 Å². The van der Waals surface area contributed by atoms with Gasteiger partial charge in [-0.2, -0.15) is 17.5 Å². The van der Waals surface area contributed by atoms with Gasteiger partial charge in [-0.25, -0.2) is 28.0 Å². The Bertz CT molecular complexity index is 1630. The summed E-state index contributed by atoms with van der Waals surface area (Å²) in [5, 5.41) is 8.56. The first-order chi connectivity index (χ1) is 20.8. The van der Waals surface area contributed by atoms with E-state index in [1.54, 1.807) is 30.3 Å². The SMILES string of the molecule is O=C(NNC(=O)C1=NO[C@@H](CN(CCNc2ncc(C(F)(F)F)cc2Cl)S(=O)(=O)c2ccc(F)cc2)C1)Nc1ccccc1. The van der Waals surface area contributed by atoms with Gasteiger partial charge >= 0.3 is 12.2 Å². The van der Waals surface area contributed by atoms with Crippen molar-refractivity contribution in [2.45, 2.75) is 23.6 Å². The molecule has 4 rings (SSSR count). The number of hydrazine groups is 1. The minimum atomic E-state index is -4.65. The molecule has 1 aliphatic rings. The van der Waals surface area contributed by atoms with Gasteiger partial charge in [0.25, 0.3) is 5.91 Å². The number of carbonyl (C=O) groups excluding carboxylic acids is 2. The number of sulfonamides is 1. The summed E-state index contributed by atoms with van der Waals surface area (Å²) >= 11 is 5.92. The molecule has 0 unspecified atom stereocenters. The first-order valence-electron chi connectivity index (χ1n) is 12.7. The minimum Gasteiger partial charge on any atom is -0.390 e. The van der Waals surface area contributed by atoms with E-state index >= 15 is 0 Å². The zero-order valence-electron chi connectivity index (χ0n) is 22.4. The van der Waals surface area contributed by atoms with Crippen LogP contribution in [0.1, 0.15) is 12.0 Å². The van der Waals surface area contributed by atoms with E-state index in [0.29, 0.717) is 18.0 Å². The van der Waals surface area contributed by atoms with Crippen LogP contribution < -0.4 is 21.5 Å². The third kappa shape index (κ3) is 8.55. The summed E-state index contributed by atoms with van der Waals surface area (Å²) in [6, 6.07) is 12.5. The summed E-state index contributed by atoms with van der Waals surface area (Å²) in [5.74, 6) is -1.57. The van der Waals surface area contributed by atoms with Crippen molar-refractivity contribution in [1.82, 2.24) is 20.1 Å². The quantitative estimate of drug-likeness (QED) is 0.190. The number of pyridine rings is 1. The van der Waals surface area contributed by atoms with Crippen molar-refractivity contribution in [3.05, 3.63) is 83.3 Å². The molecule has 234 valence electrons. The maximum Gasteiger partial charge on any atom is 0.417 e.